The highest BCUT2D eigenvalue weighted by Crippen LogP contribution is 2.31. The summed E-state index contributed by atoms with van der Waals surface area (Å²) in [5.74, 6) is -0.100. The summed E-state index contributed by atoms with van der Waals surface area (Å²) >= 11 is 0. The number of hydrogen-bond acceptors (Lipinski definition) is 1. The third-order valence-electron chi connectivity index (χ3n) is 4.96. The summed E-state index contributed by atoms with van der Waals surface area (Å²) < 4.78 is 13.6. The first-order chi connectivity index (χ1) is 11.2. The molecule has 4 heteroatoms. The molecule has 0 aliphatic carbocycles. The highest BCUT2D eigenvalue weighted by molar-refractivity contribution is 5.90. The zero-order valence-corrected chi connectivity index (χ0v) is 15.1. The van der Waals surface area contributed by atoms with Crippen LogP contribution >= 0.6 is 0 Å². The molecule has 1 unspecified atom stereocenters. The van der Waals surface area contributed by atoms with Crippen molar-refractivity contribution in [3.05, 3.63) is 35.3 Å². The molecule has 1 atom stereocenters. The van der Waals surface area contributed by atoms with Crippen LogP contribution in [0.4, 0.5) is 4.39 Å². The molecule has 1 N–H and O–H groups in total. The highest BCUT2D eigenvalue weighted by Gasteiger charge is 2.32. The lowest BCUT2D eigenvalue weighted by atomic mass is 9.87. The van der Waals surface area contributed by atoms with Gasteiger partial charge in [-0.2, -0.15) is 0 Å². The first kappa shape index (κ1) is 17.0. The van der Waals surface area contributed by atoms with E-state index in [1.807, 2.05) is 11.8 Å². The Morgan fingerprint density at radius 3 is 2.83 bits per heavy atom. The average Bonchev–Trinajstić information content (AvgIpc) is 3.03. The van der Waals surface area contributed by atoms with Gasteiger partial charge >= 0.3 is 0 Å². The molecule has 1 aromatic heterocycles. The van der Waals surface area contributed by atoms with E-state index in [2.05, 4.69) is 25.8 Å². The number of likely N-dealkylation sites (tertiary alicyclic amines) is 1. The van der Waals surface area contributed by atoms with E-state index in [0.29, 0.717) is 12.5 Å². The third kappa shape index (κ3) is 3.47. The van der Waals surface area contributed by atoms with Crippen LogP contribution in [0.1, 0.15) is 51.3 Å². The van der Waals surface area contributed by atoms with Crippen molar-refractivity contribution in [3.8, 4) is 0 Å². The number of fused-ring (bicyclic) bond motifs is 1. The second-order valence-corrected chi connectivity index (χ2v) is 8.24. The summed E-state index contributed by atoms with van der Waals surface area (Å²) in [5.41, 5.74) is 2.99. The van der Waals surface area contributed by atoms with Crippen LogP contribution in [0.25, 0.3) is 10.9 Å². The van der Waals surface area contributed by atoms with Gasteiger partial charge in [-0.05, 0) is 55.4 Å². The number of rotatable bonds is 3. The molecule has 1 aliphatic heterocycles. The summed E-state index contributed by atoms with van der Waals surface area (Å²) in [6.45, 7) is 9.47. The lowest BCUT2D eigenvalue weighted by Gasteiger charge is -2.30. The maximum atomic E-state index is 13.6. The normalized spacial score (nSPS) is 18.5. The van der Waals surface area contributed by atoms with Gasteiger partial charge in [0.2, 0.25) is 5.91 Å². The van der Waals surface area contributed by atoms with Crippen molar-refractivity contribution in [3.63, 3.8) is 0 Å². The number of nitrogens with zero attached hydrogens (tertiary/aromatic N) is 1. The van der Waals surface area contributed by atoms with Gasteiger partial charge in [0, 0.05) is 29.2 Å². The maximum absolute atomic E-state index is 13.6. The molecule has 2 heterocycles. The van der Waals surface area contributed by atoms with Crippen molar-refractivity contribution < 1.29 is 9.18 Å². The average molecular weight is 330 g/mol. The molecule has 3 nitrogen and oxygen atoms in total. The van der Waals surface area contributed by atoms with Gasteiger partial charge in [-0.1, -0.05) is 20.8 Å². The van der Waals surface area contributed by atoms with Crippen LogP contribution in [0, 0.1) is 18.2 Å². The van der Waals surface area contributed by atoms with E-state index in [0.717, 1.165) is 48.0 Å². The fourth-order valence-electron chi connectivity index (χ4n) is 3.92. The lowest BCUT2D eigenvalue weighted by molar-refractivity contribution is -0.131. The van der Waals surface area contributed by atoms with E-state index in [-0.39, 0.29) is 17.1 Å². The van der Waals surface area contributed by atoms with Gasteiger partial charge in [-0.15, -0.1) is 0 Å². The van der Waals surface area contributed by atoms with Gasteiger partial charge in [-0.3, -0.25) is 4.79 Å². The zero-order chi connectivity index (χ0) is 17.5. The van der Waals surface area contributed by atoms with Crippen molar-refractivity contribution >= 4 is 16.8 Å². The van der Waals surface area contributed by atoms with Gasteiger partial charge in [0.15, 0.2) is 0 Å². The topological polar surface area (TPSA) is 36.1 Å². The van der Waals surface area contributed by atoms with Crippen LogP contribution in [0.5, 0.6) is 0 Å². The van der Waals surface area contributed by atoms with Crippen LogP contribution in [-0.4, -0.2) is 28.4 Å². The first-order valence-corrected chi connectivity index (χ1v) is 8.81. The Labute approximate surface area is 143 Å². The van der Waals surface area contributed by atoms with E-state index >= 15 is 0 Å². The number of carbonyl (C=O) groups is 1. The number of hydrogen-bond donors (Lipinski definition) is 1. The quantitative estimate of drug-likeness (QED) is 0.878. The third-order valence-corrected chi connectivity index (χ3v) is 4.96. The van der Waals surface area contributed by atoms with E-state index in [1.54, 1.807) is 6.07 Å². The molecular weight excluding hydrogens is 303 g/mol. The van der Waals surface area contributed by atoms with Gasteiger partial charge in [0.1, 0.15) is 5.82 Å². The predicted molar refractivity (Wildman–Crippen MR) is 95.5 cm³/mol. The van der Waals surface area contributed by atoms with Crippen LogP contribution < -0.4 is 0 Å². The van der Waals surface area contributed by atoms with Gasteiger partial charge < -0.3 is 9.88 Å². The summed E-state index contributed by atoms with van der Waals surface area (Å²) in [6.07, 6.45) is 3.54. The Morgan fingerprint density at radius 2 is 2.12 bits per heavy atom. The minimum absolute atomic E-state index is 0.162. The Hall–Kier alpha value is -1.84. The number of aromatic amines is 1. The van der Waals surface area contributed by atoms with Crippen LogP contribution in [0.3, 0.4) is 0 Å². The zero-order valence-electron chi connectivity index (χ0n) is 15.1. The Bertz CT molecular complexity index is 757. The summed E-state index contributed by atoms with van der Waals surface area (Å²) in [6, 6.07) is 5.05. The molecule has 2 aromatic rings. The smallest absolute Gasteiger partial charge is 0.227 e. The molecule has 0 bridgehead atoms. The monoisotopic (exact) mass is 330 g/mol. The number of carbonyl (C=O) groups excluding carboxylic acids is 1. The SMILES string of the molecule is Cc1[nH]c2ccc(F)cc2c1CC(=O)N1CCCC1CC(C)(C)C. The Balaban J connectivity index is 1.82. The maximum Gasteiger partial charge on any atom is 0.227 e. The lowest BCUT2D eigenvalue weighted by Crippen LogP contribution is -2.38. The highest BCUT2D eigenvalue weighted by atomic mass is 19.1. The second-order valence-electron chi connectivity index (χ2n) is 8.24. The van der Waals surface area contributed by atoms with E-state index in [9.17, 15) is 9.18 Å². The number of H-pyrrole nitrogens is 1. The number of halogens is 1. The molecule has 1 saturated heterocycles. The number of amides is 1. The Morgan fingerprint density at radius 1 is 1.38 bits per heavy atom. The minimum Gasteiger partial charge on any atom is -0.358 e. The number of aryl methyl sites for hydroxylation is 1. The van der Waals surface area contributed by atoms with Crippen LogP contribution in [0.2, 0.25) is 0 Å². The van der Waals surface area contributed by atoms with Gasteiger partial charge in [0.05, 0.1) is 6.42 Å². The predicted octanol–water partition coefficient (Wildman–Crippen LogP) is 4.59. The first-order valence-electron chi connectivity index (χ1n) is 8.81. The molecular formula is C20H27FN2O. The summed E-state index contributed by atoms with van der Waals surface area (Å²) in [4.78, 5) is 18.2. The number of nitrogens with one attached hydrogen (secondary N) is 1. The summed E-state index contributed by atoms with van der Waals surface area (Å²) in [5, 5.41) is 0.826. The van der Waals surface area contributed by atoms with Crippen LogP contribution in [-0.2, 0) is 11.2 Å². The van der Waals surface area contributed by atoms with E-state index < -0.39 is 0 Å². The van der Waals surface area contributed by atoms with E-state index in [4.69, 9.17) is 0 Å². The molecule has 1 aromatic carbocycles. The number of aromatic nitrogens is 1. The second kappa shape index (κ2) is 6.23. The summed E-state index contributed by atoms with van der Waals surface area (Å²) in [7, 11) is 0. The Kier molecular flexibility index (Phi) is 4.41. The molecule has 0 saturated carbocycles. The van der Waals surface area contributed by atoms with Crippen molar-refractivity contribution in [2.24, 2.45) is 5.41 Å². The largest absolute Gasteiger partial charge is 0.358 e. The molecule has 1 amide bonds. The van der Waals surface area contributed by atoms with Crippen molar-refractivity contribution in [1.29, 1.82) is 0 Å². The van der Waals surface area contributed by atoms with Crippen molar-refractivity contribution in [2.75, 3.05) is 6.54 Å². The van der Waals surface area contributed by atoms with Gasteiger partial charge in [0.25, 0.3) is 0 Å². The molecule has 1 fully saturated rings. The van der Waals surface area contributed by atoms with Gasteiger partial charge in [-0.25, -0.2) is 4.39 Å². The molecule has 130 valence electrons. The molecule has 3 rings (SSSR count). The fraction of sp³-hybridized carbons (Fsp3) is 0.550. The van der Waals surface area contributed by atoms with Crippen molar-refractivity contribution in [2.45, 2.75) is 59.4 Å². The van der Waals surface area contributed by atoms with Crippen LogP contribution in [0.15, 0.2) is 18.2 Å². The number of benzene rings is 1. The molecule has 1 aliphatic rings. The minimum atomic E-state index is -0.262. The van der Waals surface area contributed by atoms with E-state index in [1.165, 1.54) is 12.1 Å². The molecule has 0 spiro atoms. The molecule has 0 radical (unpaired) electrons. The fourth-order valence-corrected chi connectivity index (χ4v) is 3.92. The van der Waals surface area contributed by atoms with Crippen molar-refractivity contribution in [1.82, 2.24) is 9.88 Å². The standard InChI is InChI=1S/C20H27FN2O/c1-13-16(17-10-14(21)7-8-18(17)22-13)11-19(24)23-9-5-6-15(23)12-20(2,3)4/h7-8,10,15,22H,5-6,9,11-12H2,1-4H3. The molecule has 24 heavy (non-hydrogen) atoms.